The summed E-state index contributed by atoms with van der Waals surface area (Å²) < 4.78 is 0. The zero-order chi connectivity index (χ0) is 15.5. The molecule has 2 aromatic rings. The van der Waals surface area contributed by atoms with Gasteiger partial charge >= 0.3 is 0 Å². The van der Waals surface area contributed by atoms with Crippen LogP contribution in [-0.4, -0.2) is 41.8 Å². The predicted octanol–water partition coefficient (Wildman–Crippen LogP) is 1.56. The van der Waals surface area contributed by atoms with Crippen LogP contribution >= 0.6 is 22.7 Å². The van der Waals surface area contributed by atoms with Gasteiger partial charge in [-0.05, 0) is 11.4 Å². The van der Waals surface area contributed by atoms with Crippen molar-refractivity contribution in [3.63, 3.8) is 0 Å². The van der Waals surface area contributed by atoms with Crippen molar-refractivity contribution in [3.05, 3.63) is 33.0 Å². The number of thiophene rings is 1. The van der Waals surface area contributed by atoms with Crippen molar-refractivity contribution >= 4 is 39.6 Å². The molecule has 0 bridgehead atoms. The average Bonchev–Trinajstić information content (AvgIpc) is 3.15. The first kappa shape index (κ1) is 15.1. The van der Waals surface area contributed by atoms with E-state index in [9.17, 15) is 9.59 Å². The zero-order valence-corrected chi connectivity index (χ0v) is 13.7. The van der Waals surface area contributed by atoms with Gasteiger partial charge in [-0.2, -0.15) is 11.3 Å². The molecule has 0 saturated carbocycles. The fraction of sp³-hybridized carbons (Fsp3) is 0.357. The van der Waals surface area contributed by atoms with Gasteiger partial charge in [0.2, 0.25) is 5.91 Å². The molecule has 2 N–H and O–H groups in total. The summed E-state index contributed by atoms with van der Waals surface area (Å²) in [6, 6.07) is 1.79. The van der Waals surface area contributed by atoms with Crippen LogP contribution < -0.4 is 10.6 Å². The average molecular weight is 336 g/mol. The Morgan fingerprint density at radius 3 is 3.05 bits per heavy atom. The van der Waals surface area contributed by atoms with E-state index in [0.717, 1.165) is 23.5 Å². The van der Waals surface area contributed by atoms with Crippen LogP contribution in [0.4, 0.5) is 5.13 Å². The SMILES string of the molecule is CNC(=O)CN1CCc2nc(NC(=O)c3ccsc3)sc2C1. The van der Waals surface area contributed by atoms with E-state index < -0.39 is 0 Å². The molecule has 8 heteroatoms. The third-order valence-corrected chi connectivity index (χ3v) is 5.14. The number of aromatic nitrogens is 1. The van der Waals surface area contributed by atoms with Gasteiger partial charge in [0.05, 0.1) is 17.8 Å². The molecule has 2 amide bonds. The minimum Gasteiger partial charge on any atom is -0.358 e. The topological polar surface area (TPSA) is 74.3 Å². The van der Waals surface area contributed by atoms with Crippen LogP contribution in [0.5, 0.6) is 0 Å². The second-order valence-electron chi connectivity index (χ2n) is 4.99. The third-order valence-electron chi connectivity index (χ3n) is 3.46. The van der Waals surface area contributed by atoms with Crippen LogP contribution in [0.3, 0.4) is 0 Å². The lowest BCUT2D eigenvalue weighted by molar-refractivity contribution is -0.121. The molecular formula is C14H16N4O2S2. The molecule has 116 valence electrons. The second kappa shape index (κ2) is 6.55. The Kier molecular flexibility index (Phi) is 4.51. The van der Waals surface area contributed by atoms with Gasteiger partial charge in [0.15, 0.2) is 5.13 Å². The lowest BCUT2D eigenvalue weighted by Crippen LogP contribution is -2.38. The predicted molar refractivity (Wildman–Crippen MR) is 87.4 cm³/mol. The van der Waals surface area contributed by atoms with Gasteiger partial charge in [0.1, 0.15) is 0 Å². The first-order valence-electron chi connectivity index (χ1n) is 6.91. The smallest absolute Gasteiger partial charge is 0.258 e. The van der Waals surface area contributed by atoms with Crippen LogP contribution in [0.25, 0.3) is 0 Å². The zero-order valence-electron chi connectivity index (χ0n) is 12.1. The third kappa shape index (κ3) is 3.34. The number of fused-ring (bicyclic) bond motifs is 1. The number of thiazole rings is 1. The molecule has 0 radical (unpaired) electrons. The van der Waals surface area contributed by atoms with Crippen LogP contribution in [-0.2, 0) is 17.8 Å². The maximum Gasteiger partial charge on any atom is 0.258 e. The maximum atomic E-state index is 12.0. The summed E-state index contributed by atoms with van der Waals surface area (Å²) in [4.78, 5) is 31.2. The minimum absolute atomic E-state index is 0.0129. The Labute approximate surface area is 136 Å². The second-order valence-corrected chi connectivity index (χ2v) is 6.85. The molecule has 1 aliphatic heterocycles. The van der Waals surface area contributed by atoms with Crippen molar-refractivity contribution in [1.82, 2.24) is 15.2 Å². The van der Waals surface area contributed by atoms with E-state index in [1.54, 1.807) is 13.1 Å². The highest BCUT2D eigenvalue weighted by atomic mass is 32.1. The molecule has 1 aliphatic rings. The first-order chi connectivity index (χ1) is 10.7. The Hall–Kier alpha value is -1.77. The molecule has 0 fully saturated rings. The summed E-state index contributed by atoms with van der Waals surface area (Å²) in [7, 11) is 1.64. The normalized spacial score (nSPS) is 14.4. The van der Waals surface area contributed by atoms with Crippen molar-refractivity contribution in [3.8, 4) is 0 Å². The minimum atomic E-state index is -0.130. The van der Waals surface area contributed by atoms with Crippen molar-refractivity contribution in [2.24, 2.45) is 0 Å². The van der Waals surface area contributed by atoms with Gasteiger partial charge < -0.3 is 5.32 Å². The summed E-state index contributed by atoms with van der Waals surface area (Å²) in [6.07, 6.45) is 0.803. The summed E-state index contributed by atoms with van der Waals surface area (Å²) >= 11 is 2.98. The van der Waals surface area contributed by atoms with Crippen molar-refractivity contribution in [2.75, 3.05) is 25.5 Å². The van der Waals surface area contributed by atoms with E-state index >= 15 is 0 Å². The molecule has 22 heavy (non-hydrogen) atoms. The molecule has 0 aliphatic carbocycles. The molecule has 3 heterocycles. The highest BCUT2D eigenvalue weighted by molar-refractivity contribution is 7.16. The van der Waals surface area contributed by atoms with Crippen molar-refractivity contribution in [2.45, 2.75) is 13.0 Å². The molecule has 0 atom stereocenters. The fourth-order valence-electron chi connectivity index (χ4n) is 2.28. The van der Waals surface area contributed by atoms with Gasteiger partial charge in [-0.3, -0.25) is 19.8 Å². The number of nitrogens with zero attached hydrogens (tertiary/aromatic N) is 2. The molecular weight excluding hydrogens is 320 g/mol. The van der Waals surface area contributed by atoms with Crippen LogP contribution in [0.1, 0.15) is 20.9 Å². The van der Waals surface area contributed by atoms with Gasteiger partial charge in [0, 0.05) is 36.8 Å². The van der Waals surface area contributed by atoms with Crippen molar-refractivity contribution < 1.29 is 9.59 Å². The number of carbonyl (C=O) groups is 2. The van der Waals surface area contributed by atoms with Crippen LogP contribution in [0.15, 0.2) is 16.8 Å². The summed E-state index contributed by atoms with van der Waals surface area (Å²) in [5.74, 6) is -0.117. The summed E-state index contributed by atoms with van der Waals surface area (Å²) in [5, 5.41) is 9.79. The molecule has 2 aromatic heterocycles. The number of hydrogen-bond acceptors (Lipinski definition) is 6. The number of rotatable bonds is 4. The molecule has 0 aromatic carbocycles. The lowest BCUT2D eigenvalue weighted by Gasteiger charge is -2.24. The molecule has 0 spiro atoms. The number of amides is 2. The Balaban J connectivity index is 1.66. The summed E-state index contributed by atoms with van der Waals surface area (Å²) in [6.45, 7) is 1.90. The number of anilines is 1. The number of nitrogens with one attached hydrogen (secondary N) is 2. The first-order valence-corrected chi connectivity index (χ1v) is 8.66. The van der Waals surface area contributed by atoms with Crippen LogP contribution in [0, 0.1) is 0 Å². The van der Waals surface area contributed by atoms with Gasteiger partial charge in [-0.15, -0.1) is 11.3 Å². The standard InChI is InChI=1S/C14H16N4O2S2/c1-15-12(19)7-18-4-2-10-11(6-18)22-14(16-10)17-13(20)9-3-5-21-8-9/h3,5,8H,2,4,6-7H2,1H3,(H,15,19)(H,16,17,20). The number of likely N-dealkylation sites (N-methyl/N-ethyl adjacent to an activating group) is 1. The number of carbonyl (C=O) groups excluding carboxylic acids is 2. The van der Waals surface area contributed by atoms with E-state index in [-0.39, 0.29) is 11.8 Å². The Bertz CT molecular complexity index is 681. The molecule has 0 unspecified atom stereocenters. The fourth-order valence-corrected chi connectivity index (χ4v) is 3.96. The number of hydrogen-bond donors (Lipinski definition) is 2. The van der Waals surface area contributed by atoms with Crippen LogP contribution in [0.2, 0.25) is 0 Å². The molecule has 0 saturated heterocycles. The quantitative estimate of drug-likeness (QED) is 0.889. The van der Waals surface area contributed by atoms with E-state index in [1.807, 2.05) is 10.8 Å². The van der Waals surface area contributed by atoms with Gasteiger partial charge in [-0.25, -0.2) is 4.98 Å². The van der Waals surface area contributed by atoms with E-state index in [1.165, 1.54) is 22.7 Å². The van der Waals surface area contributed by atoms with E-state index in [2.05, 4.69) is 20.5 Å². The maximum absolute atomic E-state index is 12.0. The monoisotopic (exact) mass is 336 g/mol. The summed E-state index contributed by atoms with van der Waals surface area (Å²) in [5.41, 5.74) is 1.68. The van der Waals surface area contributed by atoms with Gasteiger partial charge in [-0.1, -0.05) is 0 Å². The highest BCUT2D eigenvalue weighted by Crippen LogP contribution is 2.28. The van der Waals surface area contributed by atoms with E-state index in [0.29, 0.717) is 23.8 Å². The highest BCUT2D eigenvalue weighted by Gasteiger charge is 2.22. The lowest BCUT2D eigenvalue weighted by atomic mass is 10.2. The Morgan fingerprint density at radius 1 is 1.45 bits per heavy atom. The van der Waals surface area contributed by atoms with E-state index in [4.69, 9.17) is 0 Å². The Morgan fingerprint density at radius 2 is 2.32 bits per heavy atom. The largest absolute Gasteiger partial charge is 0.358 e. The molecule has 6 nitrogen and oxygen atoms in total. The molecule has 3 rings (SSSR count). The van der Waals surface area contributed by atoms with Crippen molar-refractivity contribution in [1.29, 1.82) is 0 Å². The van der Waals surface area contributed by atoms with Gasteiger partial charge in [0.25, 0.3) is 5.91 Å².